The molecule has 4 nitrogen and oxygen atoms in total. The Morgan fingerprint density at radius 3 is 2.17 bits per heavy atom. The minimum Gasteiger partial charge on any atom is -0.462 e. The average molecular weight is 423 g/mol. The van der Waals surface area contributed by atoms with Crippen LogP contribution in [0.4, 0.5) is 0 Å². The minimum atomic E-state index is -0.490. The highest BCUT2D eigenvalue weighted by atomic mass is 16.5. The molecule has 2 rings (SSSR count). The predicted molar refractivity (Wildman–Crippen MR) is 122 cm³/mol. The molecule has 4 heteroatoms. The fourth-order valence-corrected chi connectivity index (χ4v) is 5.88. The van der Waals surface area contributed by atoms with Gasteiger partial charge in [0.1, 0.15) is 0 Å². The van der Waals surface area contributed by atoms with Crippen LogP contribution in [0.15, 0.2) is 12.2 Å². The molecule has 0 aliphatic heterocycles. The van der Waals surface area contributed by atoms with Gasteiger partial charge in [-0.05, 0) is 81.0 Å². The van der Waals surface area contributed by atoms with E-state index in [1.807, 2.05) is 0 Å². The maximum Gasteiger partial charge on any atom is 0.335 e. The van der Waals surface area contributed by atoms with Crippen LogP contribution in [0.2, 0.25) is 0 Å². The molecule has 2 fully saturated rings. The Kier molecular flexibility index (Phi) is 12.1. The van der Waals surface area contributed by atoms with Crippen molar-refractivity contribution in [3.05, 3.63) is 12.2 Å². The van der Waals surface area contributed by atoms with E-state index in [0.29, 0.717) is 18.4 Å². The van der Waals surface area contributed by atoms with Gasteiger partial charge in [0, 0.05) is 6.61 Å². The van der Waals surface area contributed by atoms with Crippen LogP contribution >= 0.6 is 0 Å². The molecule has 0 aromatic heterocycles. The molecule has 2 aliphatic carbocycles. The van der Waals surface area contributed by atoms with E-state index in [4.69, 9.17) is 9.84 Å². The van der Waals surface area contributed by atoms with Crippen LogP contribution in [0.25, 0.3) is 0 Å². The van der Waals surface area contributed by atoms with Gasteiger partial charge in [-0.3, -0.25) is 0 Å². The molecule has 30 heavy (non-hydrogen) atoms. The second-order valence-electron chi connectivity index (χ2n) is 9.94. The third-order valence-corrected chi connectivity index (χ3v) is 7.90. The van der Waals surface area contributed by atoms with Crippen LogP contribution in [0.1, 0.15) is 96.8 Å². The summed E-state index contributed by atoms with van der Waals surface area (Å²) in [5.41, 5.74) is 0.116. The second kappa shape index (κ2) is 14.2. The van der Waals surface area contributed by atoms with E-state index in [2.05, 4.69) is 13.5 Å². The predicted octanol–water partition coefficient (Wildman–Crippen LogP) is 5.66. The highest BCUT2D eigenvalue weighted by molar-refractivity contribution is 5.87. The number of hydrogen-bond acceptors (Lipinski definition) is 4. The largest absolute Gasteiger partial charge is 0.462 e. The molecule has 2 aliphatic rings. The van der Waals surface area contributed by atoms with Gasteiger partial charge >= 0.3 is 5.97 Å². The van der Waals surface area contributed by atoms with E-state index in [0.717, 1.165) is 30.6 Å². The Hall–Kier alpha value is -0.870. The third kappa shape index (κ3) is 8.34. The van der Waals surface area contributed by atoms with Crippen molar-refractivity contribution < 1.29 is 19.7 Å². The van der Waals surface area contributed by atoms with E-state index < -0.39 is 5.97 Å². The number of carbonyl (C=O) groups excluding carboxylic acids is 1. The van der Waals surface area contributed by atoms with Gasteiger partial charge in [-0.2, -0.15) is 0 Å². The molecule has 2 N–H and O–H groups in total. The zero-order valence-corrected chi connectivity index (χ0v) is 19.3. The van der Waals surface area contributed by atoms with Crippen LogP contribution in [0, 0.1) is 29.6 Å². The van der Waals surface area contributed by atoms with Gasteiger partial charge in [0.05, 0.1) is 18.8 Å². The van der Waals surface area contributed by atoms with Crippen molar-refractivity contribution in [3.63, 3.8) is 0 Å². The van der Waals surface area contributed by atoms with Gasteiger partial charge in [0.2, 0.25) is 0 Å². The number of ether oxygens (including phenoxy) is 1. The fraction of sp³-hybridized carbons (Fsp3) is 0.885. The molecular formula is C26H46O4. The van der Waals surface area contributed by atoms with Gasteiger partial charge < -0.3 is 14.9 Å². The van der Waals surface area contributed by atoms with Gasteiger partial charge in [-0.1, -0.05) is 52.0 Å². The Labute approximate surface area is 184 Å². The molecule has 0 aromatic carbocycles. The van der Waals surface area contributed by atoms with Crippen molar-refractivity contribution in [1.82, 2.24) is 0 Å². The highest BCUT2D eigenvalue weighted by Crippen LogP contribution is 2.44. The smallest absolute Gasteiger partial charge is 0.335 e. The summed E-state index contributed by atoms with van der Waals surface area (Å²) in [6.07, 6.45) is 18.0. The van der Waals surface area contributed by atoms with Crippen LogP contribution in [0.5, 0.6) is 0 Å². The molecule has 0 spiro atoms. The normalized spacial score (nSPS) is 28.1. The zero-order chi connectivity index (χ0) is 21.8. The number of aliphatic hydroxyl groups is 2. The Balaban J connectivity index is 1.74. The van der Waals surface area contributed by atoms with E-state index in [9.17, 15) is 9.90 Å². The summed E-state index contributed by atoms with van der Waals surface area (Å²) in [5, 5.41) is 18.3. The Morgan fingerprint density at radius 1 is 0.967 bits per heavy atom. The topological polar surface area (TPSA) is 66.8 Å². The fourth-order valence-electron chi connectivity index (χ4n) is 5.88. The van der Waals surface area contributed by atoms with Gasteiger partial charge in [0.25, 0.3) is 0 Å². The Bertz CT molecular complexity index is 487. The summed E-state index contributed by atoms with van der Waals surface area (Å²) >= 11 is 0. The SMILES string of the molecule is C=C(CO)C(=O)OCC(CCCO)C1CCC(C2CCC(CCCCC)CC2)CC1. The first kappa shape index (κ1) is 25.4. The first-order valence-corrected chi connectivity index (χ1v) is 12.7. The molecule has 1 atom stereocenters. The van der Waals surface area contributed by atoms with Gasteiger partial charge in [0.15, 0.2) is 0 Å². The number of unbranched alkanes of at least 4 members (excludes halogenated alkanes) is 2. The van der Waals surface area contributed by atoms with Crippen molar-refractivity contribution in [3.8, 4) is 0 Å². The van der Waals surface area contributed by atoms with Gasteiger partial charge in [-0.15, -0.1) is 0 Å². The molecule has 0 bridgehead atoms. The summed E-state index contributed by atoms with van der Waals surface area (Å²) < 4.78 is 5.42. The van der Waals surface area contributed by atoms with E-state index in [1.165, 1.54) is 77.0 Å². The maximum atomic E-state index is 11.9. The van der Waals surface area contributed by atoms with E-state index in [-0.39, 0.29) is 18.8 Å². The van der Waals surface area contributed by atoms with Crippen molar-refractivity contribution in [2.75, 3.05) is 19.8 Å². The van der Waals surface area contributed by atoms with E-state index >= 15 is 0 Å². The van der Waals surface area contributed by atoms with Gasteiger partial charge in [-0.25, -0.2) is 4.79 Å². The van der Waals surface area contributed by atoms with Crippen LogP contribution in [-0.2, 0) is 9.53 Å². The summed E-state index contributed by atoms with van der Waals surface area (Å²) in [5.74, 6) is 3.19. The van der Waals surface area contributed by atoms with Crippen LogP contribution in [0.3, 0.4) is 0 Å². The minimum absolute atomic E-state index is 0.116. The molecule has 0 amide bonds. The number of aliphatic hydroxyl groups excluding tert-OH is 2. The number of hydrogen-bond donors (Lipinski definition) is 2. The summed E-state index contributed by atoms with van der Waals surface area (Å²) in [6, 6.07) is 0. The lowest BCUT2D eigenvalue weighted by atomic mass is 9.66. The lowest BCUT2D eigenvalue weighted by Gasteiger charge is -2.39. The quantitative estimate of drug-likeness (QED) is 0.228. The molecular weight excluding hydrogens is 376 g/mol. The highest BCUT2D eigenvalue weighted by Gasteiger charge is 2.33. The van der Waals surface area contributed by atoms with Crippen molar-refractivity contribution in [1.29, 1.82) is 0 Å². The standard InChI is InChI=1S/C26H46O4/c1-3-4-5-7-21-9-11-22(12-10-21)23-13-15-24(16-14-23)25(8-6-17-27)19-30-26(29)20(2)18-28/h21-25,27-28H,2-19H2,1H3. The molecule has 174 valence electrons. The zero-order valence-electron chi connectivity index (χ0n) is 19.3. The average Bonchev–Trinajstić information content (AvgIpc) is 2.79. The summed E-state index contributed by atoms with van der Waals surface area (Å²) in [7, 11) is 0. The molecule has 1 unspecified atom stereocenters. The second-order valence-corrected chi connectivity index (χ2v) is 9.94. The summed E-state index contributed by atoms with van der Waals surface area (Å²) in [6.45, 7) is 6.05. The maximum absolute atomic E-state index is 11.9. The monoisotopic (exact) mass is 422 g/mol. The number of esters is 1. The van der Waals surface area contributed by atoms with Crippen molar-refractivity contribution in [2.45, 2.75) is 96.8 Å². The number of rotatable bonds is 13. The first-order valence-electron chi connectivity index (χ1n) is 12.7. The van der Waals surface area contributed by atoms with Crippen LogP contribution in [-0.4, -0.2) is 36.0 Å². The third-order valence-electron chi connectivity index (χ3n) is 7.90. The lowest BCUT2D eigenvalue weighted by molar-refractivity contribution is -0.141. The Morgan fingerprint density at radius 2 is 1.60 bits per heavy atom. The van der Waals surface area contributed by atoms with E-state index in [1.54, 1.807) is 0 Å². The molecule has 0 aromatic rings. The van der Waals surface area contributed by atoms with Crippen LogP contribution < -0.4 is 0 Å². The molecule has 0 saturated heterocycles. The molecule has 0 radical (unpaired) electrons. The molecule has 0 heterocycles. The lowest BCUT2D eigenvalue weighted by Crippen LogP contribution is -2.30. The van der Waals surface area contributed by atoms with Crippen molar-refractivity contribution >= 4 is 5.97 Å². The first-order chi connectivity index (χ1) is 14.6. The molecule has 2 saturated carbocycles. The summed E-state index contributed by atoms with van der Waals surface area (Å²) in [4.78, 5) is 11.9. The number of carbonyl (C=O) groups is 1. The van der Waals surface area contributed by atoms with Crippen molar-refractivity contribution in [2.24, 2.45) is 29.6 Å².